The fraction of sp³-hybridized carbons (Fsp3) is 0.586. The predicted octanol–water partition coefficient (Wildman–Crippen LogP) is 4.15. The largest absolute Gasteiger partial charge is 0.497 e. The predicted molar refractivity (Wildman–Crippen MR) is 144 cm³/mol. The lowest BCUT2D eigenvalue weighted by Crippen LogP contribution is -2.49. The monoisotopic (exact) mass is 526 g/mol. The van der Waals surface area contributed by atoms with Crippen molar-refractivity contribution in [2.24, 2.45) is 5.92 Å². The first-order chi connectivity index (χ1) is 18.5. The molecule has 3 fully saturated rings. The molecule has 38 heavy (non-hydrogen) atoms. The van der Waals surface area contributed by atoms with Crippen molar-refractivity contribution in [3.05, 3.63) is 42.1 Å². The fourth-order valence-corrected chi connectivity index (χ4v) is 5.45. The minimum absolute atomic E-state index is 0.250. The Morgan fingerprint density at radius 1 is 1.13 bits per heavy atom. The van der Waals surface area contributed by atoms with Gasteiger partial charge in [0.15, 0.2) is 0 Å². The van der Waals surface area contributed by atoms with Crippen LogP contribution in [0.1, 0.15) is 43.6 Å². The number of likely N-dealkylation sites (tertiary alicyclic amines) is 1. The second-order valence-corrected chi connectivity index (χ2v) is 10.8. The molecule has 3 heterocycles. The minimum Gasteiger partial charge on any atom is -0.497 e. The third kappa shape index (κ3) is 6.56. The average Bonchev–Trinajstić information content (AvgIpc) is 3.75. The molecule has 8 nitrogen and oxygen atoms in total. The van der Waals surface area contributed by atoms with Gasteiger partial charge in [-0.3, -0.25) is 4.98 Å². The minimum atomic E-state index is -1.30. The van der Waals surface area contributed by atoms with Crippen molar-refractivity contribution in [1.29, 1.82) is 0 Å². The summed E-state index contributed by atoms with van der Waals surface area (Å²) in [4.78, 5) is 18.8. The van der Waals surface area contributed by atoms with Gasteiger partial charge in [0, 0.05) is 62.3 Å². The lowest BCUT2D eigenvalue weighted by Gasteiger charge is -2.36. The SMILES string of the molecule is COc1cc(OC)cc(-c2ccc(C3CC3NCC3(F)CCN(C(=O)OCC4CCNCC4)CC3)cn2)c1. The Balaban J connectivity index is 1.06. The van der Waals surface area contributed by atoms with Crippen molar-refractivity contribution in [3.8, 4) is 22.8 Å². The van der Waals surface area contributed by atoms with Gasteiger partial charge in [-0.2, -0.15) is 0 Å². The number of nitrogens with zero attached hydrogens (tertiary/aromatic N) is 2. The number of benzene rings is 1. The third-order valence-electron chi connectivity index (χ3n) is 8.15. The van der Waals surface area contributed by atoms with Crippen LogP contribution >= 0.6 is 0 Å². The maximum atomic E-state index is 15.5. The van der Waals surface area contributed by atoms with Gasteiger partial charge in [-0.15, -0.1) is 0 Å². The van der Waals surface area contributed by atoms with Crippen LogP contribution < -0.4 is 20.1 Å². The van der Waals surface area contributed by atoms with E-state index in [2.05, 4.69) is 21.7 Å². The molecule has 9 heteroatoms. The fourth-order valence-electron chi connectivity index (χ4n) is 5.45. The molecule has 0 spiro atoms. The summed E-state index contributed by atoms with van der Waals surface area (Å²) >= 11 is 0. The first-order valence-corrected chi connectivity index (χ1v) is 13.7. The molecule has 1 aromatic heterocycles. The van der Waals surface area contributed by atoms with Crippen molar-refractivity contribution < 1.29 is 23.4 Å². The summed E-state index contributed by atoms with van der Waals surface area (Å²) < 4.78 is 31.7. The summed E-state index contributed by atoms with van der Waals surface area (Å²) in [6.07, 6.45) is 5.31. The Bertz CT molecular complexity index is 1060. The van der Waals surface area contributed by atoms with Crippen LogP contribution in [0.5, 0.6) is 11.5 Å². The Morgan fingerprint density at radius 2 is 1.84 bits per heavy atom. The molecule has 0 radical (unpaired) electrons. The van der Waals surface area contributed by atoms with Crippen molar-refractivity contribution in [1.82, 2.24) is 20.5 Å². The molecule has 1 saturated carbocycles. The number of rotatable bonds is 9. The number of amides is 1. The number of hydrogen-bond donors (Lipinski definition) is 2. The Labute approximate surface area is 224 Å². The number of carbonyl (C=O) groups is 1. The van der Waals surface area contributed by atoms with Gasteiger partial charge in [-0.05, 0) is 62.0 Å². The van der Waals surface area contributed by atoms with Crippen LogP contribution in [0, 0.1) is 5.92 Å². The van der Waals surface area contributed by atoms with Crippen LogP contribution in [-0.2, 0) is 4.74 Å². The van der Waals surface area contributed by atoms with E-state index in [-0.39, 0.29) is 12.1 Å². The highest BCUT2D eigenvalue weighted by Gasteiger charge is 2.42. The Hall–Kier alpha value is -2.91. The second-order valence-electron chi connectivity index (χ2n) is 10.8. The molecule has 2 N–H and O–H groups in total. The van der Waals surface area contributed by atoms with E-state index in [1.54, 1.807) is 19.1 Å². The van der Waals surface area contributed by atoms with E-state index in [0.717, 1.165) is 60.7 Å². The van der Waals surface area contributed by atoms with Crippen molar-refractivity contribution >= 4 is 6.09 Å². The summed E-state index contributed by atoms with van der Waals surface area (Å²) in [5.74, 6) is 2.20. The normalized spacial score (nSPS) is 23.1. The van der Waals surface area contributed by atoms with E-state index in [1.165, 1.54) is 0 Å². The van der Waals surface area contributed by atoms with Gasteiger partial charge in [0.25, 0.3) is 0 Å². The number of methoxy groups -OCH3 is 2. The van der Waals surface area contributed by atoms with E-state index in [1.807, 2.05) is 30.5 Å². The molecular formula is C29H39FN4O4. The quantitative estimate of drug-likeness (QED) is 0.508. The molecule has 0 bridgehead atoms. The second kappa shape index (κ2) is 11.9. The summed E-state index contributed by atoms with van der Waals surface area (Å²) in [6.45, 7) is 3.53. The van der Waals surface area contributed by atoms with E-state index >= 15 is 4.39 Å². The van der Waals surface area contributed by atoms with Crippen LogP contribution in [0.3, 0.4) is 0 Å². The highest BCUT2D eigenvalue weighted by molar-refractivity contribution is 5.67. The van der Waals surface area contributed by atoms with Crippen LogP contribution in [0.25, 0.3) is 11.3 Å². The summed E-state index contributed by atoms with van der Waals surface area (Å²) in [6, 6.07) is 10.1. The number of hydrogen-bond acceptors (Lipinski definition) is 7. The first-order valence-electron chi connectivity index (χ1n) is 13.7. The van der Waals surface area contributed by atoms with E-state index in [0.29, 0.717) is 50.9 Å². The maximum Gasteiger partial charge on any atom is 0.409 e. The average molecular weight is 527 g/mol. The number of aromatic nitrogens is 1. The zero-order valence-corrected chi connectivity index (χ0v) is 22.4. The first kappa shape index (κ1) is 26.7. The molecule has 2 atom stereocenters. The standard InChI is InChI=1S/C29H39FN4O4/c1-36-23-13-22(14-24(15-23)37-2)26-4-3-21(17-32-26)25-16-27(25)33-19-29(30)7-11-34(12-8-29)28(35)38-18-20-5-9-31-10-6-20/h3-4,13-15,17,20,25,27,31,33H,5-12,16,18-19H2,1-2H3. The molecule has 3 aliphatic rings. The summed E-state index contributed by atoms with van der Waals surface area (Å²) in [7, 11) is 3.26. The zero-order chi connectivity index (χ0) is 26.5. The molecule has 1 aromatic carbocycles. The lowest BCUT2D eigenvalue weighted by atomic mass is 9.93. The van der Waals surface area contributed by atoms with Crippen LogP contribution in [0.4, 0.5) is 9.18 Å². The van der Waals surface area contributed by atoms with Crippen LogP contribution in [-0.4, -0.2) is 81.2 Å². The lowest BCUT2D eigenvalue weighted by molar-refractivity contribution is 0.0362. The Kier molecular flexibility index (Phi) is 8.33. The van der Waals surface area contributed by atoms with E-state index in [9.17, 15) is 4.79 Å². The molecule has 2 saturated heterocycles. The highest BCUT2D eigenvalue weighted by Crippen LogP contribution is 2.41. The van der Waals surface area contributed by atoms with Crippen LogP contribution in [0.2, 0.25) is 0 Å². The summed E-state index contributed by atoms with van der Waals surface area (Å²) in [5, 5.41) is 6.74. The number of alkyl halides is 1. The summed E-state index contributed by atoms with van der Waals surface area (Å²) in [5.41, 5.74) is 1.63. The molecule has 5 rings (SSSR count). The van der Waals surface area contributed by atoms with Gasteiger partial charge in [-0.1, -0.05) is 6.07 Å². The third-order valence-corrected chi connectivity index (χ3v) is 8.15. The van der Waals surface area contributed by atoms with Gasteiger partial charge in [0.1, 0.15) is 17.2 Å². The van der Waals surface area contributed by atoms with Crippen LogP contribution in [0.15, 0.2) is 36.5 Å². The van der Waals surface area contributed by atoms with Gasteiger partial charge in [0.05, 0.1) is 26.5 Å². The number of halogens is 1. The molecule has 1 amide bonds. The molecule has 2 unspecified atom stereocenters. The van der Waals surface area contributed by atoms with E-state index < -0.39 is 5.67 Å². The molecule has 2 aromatic rings. The molecule has 2 aliphatic heterocycles. The van der Waals surface area contributed by atoms with Crippen molar-refractivity contribution in [3.63, 3.8) is 0 Å². The maximum absolute atomic E-state index is 15.5. The zero-order valence-electron chi connectivity index (χ0n) is 22.4. The molecule has 206 valence electrons. The van der Waals surface area contributed by atoms with Gasteiger partial charge < -0.3 is 29.7 Å². The topological polar surface area (TPSA) is 85.0 Å². The number of nitrogens with one attached hydrogen (secondary N) is 2. The smallest absolute Gasteiger partial charge is 0.409 e. The molecular weight excluding hydrogens is 487 g/mol. The van der Waals surface area contributed by atoms with E-state index in [4.69, 9.17) is 14.2 Å². The van der Waals surface area contributed by atoms with Crippen molar-refractivity contribution in [2.45, 2.75) is 49.7 Å². The number of piperidine rings is 2. The number of ether oxygens (including phenoxy) is 3. The number of pyridine rings is 1. The van der Waals surface area contributed by atoms with Gasteiger partial charge in [0.2, 0.25) is 0 Å². The van der Waals surface area contributed by atoms with Crippen molar-refractivity contribution in [2.75, 3.05) is 53.6 Å². The van der Waals surface area contributed by atoms with Gasteiger partial charge in [-0.25, -0.2) is 9.18 Å². The van der Waals surface area contributed by atoms with Gasteiger partial charge >= 0.3 is 6.09 Å². The number of carbonyl (C=O) groups excluding carboxylic acids is 1. The molecule has 1 aliphatic carbocycles. The Morgan fingerprint density at radius 3 is 2.47 bits per heavy atom. The highest BCUT2D eigenvalue weighted by atomic mass is 19.1.